The van der Waals surface area contributed by atoms with Crippen LogP contribution in [0.5, 0.6) is 0 Å². The third-order valence-corrected chi connectivity index (χ3v) is 8.34. The molecule has 7 nitrogen and oxygen atoms in total. The normalized spacial score (nSPS) is 15.1. The molecular weight excluding hydrogens is 448 g/mol. The van der Waals surface area contributed by atoms with Gasteiger partial charge in [-0.3, -0.25) is 4.79 Å². The smallest absolute Gasteiger partial charge is 0.245 e. The van der Waals surface area contributed by atoms with Gasteiger partial charge in [0.2, 0.25) is 15.9 Å². The third kappa shape index (κ3) is 4.34. The highest BCUT2D eigenvalue weighted by Crippen LogP contribution is 2.29. The van der Waals surface area contributed by atoms with E-state index in [0.717, 1.165) is 11.1 Å². The standard InChI is InChI=1S/C26H26N4O3S/c31-25(18-23(20-8-3-1-4-9-20)21-10-5-2-6-11-21)29-14-16-30(17-15-29)34(32,33)24-19-28-26-22(24)12-7-13-27-26/h1-13,19,23H,14-18H2,(H,27,28). The number of amides is 1. The average molecular weight is 475 g/mol. The highest BCUT2D eigenvalue weighted by molar-refractivity contribution is 7.89. The van der Waals surface area contributed by atoms with Gasteiger partial charge in [0.15, 0.2) is 0 Å². The van der Waals surface area contributed by atoms with E-state index in [1.54, 1.807) is 23.2 Å². The Kier molecular flexibility index (Phi) is 6.17. The van der Waals surface area contributed by atoms with E-state index in [0.29, 0.717) is 30.5 Å². The number of fused-ring (bicyclic) bond motifs is 1. The van der Waals surface area contributed by atoms with Crippen LogP contribution < -0.4 is 0 Å². The maximum atomic E-state index is 13.3. The molecule has 8 heteroatoms. The summed E-state index contributed by atoms with van der Waals surface area (Å²) in [5, 5.41) is 0.578. The Hall–Kier alpha value is -3.49. The van der Waals surface area contributed by atoms with Crippen LogP contribution in [-0.2, 0) is 14.8 Å². The van der Waals surface area contributed by atoms with E-state index < -0.39 is 10.0 Å². The van der Waals surface area contributed by atoms with Gasteiger partial charge in [-0.2, -0.15) is 4.31 Å². The first-order valence-corrected chi connectivity index (χ1v) is 12.8. The van der Waals surface area contributed by atoms with E-state index >= 15 is 0 Å². The topological polar surface area (TPSA) is 86.4 Å². The van der Waals surface area contributed by atoms with Crippen molar-refractivity contribution in [3.05, 3.63) is 96.3 Å². The number of carbonyl (C=O) groups excluding carboxylic acids is 1. The first-order valence-electron chi connectivity index (χ1n) is 11.3. The van der Waals surface area contributed by atoms with Crippen LogP contribution in [0.25, 0.3) is 11.0 Å². The Labute approximate surface area is 199 Å². The molecular formula is C26H26N4O3S. The highest BCUT2D eigenvalue weighted by atomic mass is 32.2. The molecule has 0 radical (unpaired) electrons. The van der Waals surface area contributed by atoms with E-state index in [2.05, 4.69) is 9.97 Å². The molecule has 0 atom stereocenters. The van der Waals surface area contributed by atoms with Gasteiger partial charge in [0.25, 0.3) is 0 Å². The molecule has 0 bridgehead atoms. The van der Waals surface area contributed by atoms with Crippen LogP contribution >= 0.6 is 0 Å². The lowest BCUT2D eigenvalue weighted by molar-refractivity contribution is -0.132. The number of aromatic amines is 1. The second kappa shape index (κ2) is 9.40. The lowest BCUT2D eigenvalue weighted by Crippen LogP contribution is -2.50. The highest BCUT2D eigenvalue weighted by Gasteiger charge is 2.32. The summed E-state index contributed by atoms with van der Waals surface area (Å²) in [6, 6.07) is 23.5. The zero-order valence-corrected chi connectivity index (χ0v) is 19.5. The summed E-state index contributed by atoms with van der Waals surface area (Å²) in [4.78, 5) is 22.4. The van der Waals surface area contributed by atoms with Crippen molar-refractivity contribution in [3.8, 4) is 0 Å². The summed E-state index contributed by atoms with van der Waals surface area (Å²) in [5.41, 5.74) is 2.73. The molecule has 1 saturated heterocycles. The number of H-pyrrole nitrogens is 1. The number of pyridine rings is 1. The summed E-state index contributed by atoms with van der Waals surface area (Å²) in [7, 11) is -3.68. The van der Waals surface area contributed by atoms with E-state index in [1.807, 2.05) is 60.7 Å². The van der Waals surface area contributed by atoms with Gasteiger partial charge in [0.05, 0.1) is 0 Å². The van der Waals surface area contributed by atoms with E-state index in [9.17, 15) is 13.2 Å². The number of piperazine rings is 1. The molecule has 5 rings (SSSR count). The molecule has 4 aromatic rings. The van der Waals surface area contributed by atoms with E-state index in [-0.39, 0.29) is 29.8 Å². The zero-order valence-electron chi connectivity index (χ0n) is 18.7. The van der Waals surface area contributed by atoms with Crippen LogP contribution in [0, 0.1) is 0 Å². The van der Waals surface area contributed by atoms with Crippen LogP contribution in [0.2, 0.25) is 0 Å². The summed E-state index contributed by atoms with van der Waals surface area (Å²) in [6.45, 7) is 1.27. The number of nitrogens with one attached hydrogen (secondary N) is 1. The van der Waals surface area contributed by atoms with Crippen LogP contribution in [0.15, 0.2) is 90.1 Å². The van der Waals surface area contributed by atoms with Gasteiger partial charge >= 0.3 is 0 Å². The van der Waals surface area contributed by atoms with E-state index in [4.69, 9.17) is 0 Å². The number of hydrogen-bond donors (Lipinski definition) is 1. The molecule has 1 fully saturated rings. The SMILES string of the molecule is O=C(CC(c1ccccc1)c1ccccc1)N1CCN(S(=O)(=O)c2c[nH]c3ncccc23)CC1. The number of hydrogen-bond acceptors (Lipinski definition) is 4. The predicted molar refractivity (Wildman–Crippen MR) is 131 cm³/mol. The fraction of sp³-hybridized carbons (Fsp3) is 0.231. The lowest BCUT2D eigenvalue weighted by Gasteiger charge is -2.34. The Morgan fingerprint density at radius 3 is 2.12 bits per heavy atom. The molecule has 2 aromatic carbocycles. The summed E-state index contributed by atoms with van der Waals surface area (Å²) in [6.07, 6.45) is 3.46. The van der Waals surface area contributed by atoms with Crippen LogP contribution in [0.3, 0.4) is 0 Å². The molecule has 1 aliphatic rings. The Bertz CT molecular complexity index is 1340. The Morgan fingerprint density at radius 2 is 1.50 bits per heavy atom. The van der Waals surface area contributed by atoms with Gasteiger partial charge in [-0.05, 0) is 23.3 Å². The van der Waals surface area contributed by atoms with Crippen molar-refractivity contribution in [2.75, 3.05) is 26.2 Å². The first kappa shape index (κ1) is 22.3. The van der Waals surface area contributed by atoms with Crippen molar-refractivity contribution in [3.63, 3.8) is 0 Å². The average Bonchev–Trinajstić information content (AvgIpc) is 3.33. The number of aromatic nitrogens is 2. The minimum Gasteiger partial charge on any atom is -0.345 e. The summed E-state index contributed by atoms with van der Waals surface area (Å²) < 4.78 is 28.0. The Morgan fingerprint density at radius 1 is 0.882 bits per heavy atom. The first-order chi connectivity index (χ1) is 16.5. The fourth-order valence-corrected chi connectivity index (χ4v) is 6.14. The number of carbonyl (C=O) groups is 1. The minimum atomic E-state index is -3.68. The summed E-state index contributed by atoms with van der Waals surface area (Å²) >= 11 is 0. The second-order valence-corrected chi connectivity index (χ2v) is 10.3. The fourth-order valence-electron chi connectivity index (χ4n) is 4.56. The van der Waals surface area contributed by atoms with Crippen molar-refractivity contribution >= 4 is 27.0 Å². The molecule has 174 valence electrons. The van der Waals surface area contributed by atoms with Gasteiger partial charge < -0.3 is 9.88 Å². The molecule has 1 N–H and O–H groups in total. The van der Waals surface area contributed by atoms with Gasteiger partial charge in [-0.25, -0.2) is 13.4 Å². The van der Waals surface area contributed by atoms with Gasteiger partial charge in [0, 0.05) is 56.3 Å². The molecule has 1 aliphatic heterocycles. The third-order valence-electron chi connectivity index (χ3n) is 6.40. The largest absolute Gasteiger partial charge is 0.345 e. The minimum absolute atomic E-state index is 0.0334. The number of benzene rings is 2. The van der Waals surface area contributed by atoms with Gasteiger partial charge in [-0.1, -0.05) is 60.7 Å². The van der Waals surface area contributed by atoms with Gasteiger partial charge in [-0.15, -0.1) is 0 Å². The van der Waals surface area contributed by atoms with Crippen molar-refractivity contribution in [1.82, 2.24) is 19.2 Å². The molecule has 0 aliphatic carbocycles. The zero-order chi connectivity index (χ0) is 23.5. The van der Waals surface area contributed by atoms with Crippen molar-refractivity contribution in [2.45, 2.75) is 17.2 Å². The molecule has 0 unspecified atom stereocenters. The molecule has 3 heterocycles. The van der Waals surface area contributed by atoms with Crippen molar-refractivity contribution in [2.24, 2.45) is 0 Å². The maximum absolute atomic E-state index is 13.3. The second-order valence-electron chi connectivity index (χ2n) is 8.42. The maximum Gasteiger partial charge on any atom is 0.245 e. The van der Waals surface area contributed by atoms with E-state index in [1.165, 1.54) is 10.5 Å². The quantitative estimate of drug-likeness (QED) is 0.463. The van der Waals surface area contributed by atoms with Crippen molar-refractivity contribution < 1.29 is 13.2 Å². The van der Waals surface area contributed by atoms with Crippen molar-refractivity contribution in [1.29, 1.82) is 0 Å². The molecule has 0 spiro atoms. The Balaban J connectivity index is 1.29. The molecule has 1 amide bonds. The summed E-state index contributed by atoms with van der Waals surface area (Å²) in [5.74, 6) is -0.0126. The van der Waals surface area contributed by atoms with Crippen LogP contribution in [0.4, 0.5) is 0 Å². The number of nitrogens with zero attached hydrogens (tertiary/aromatic N) is 3. The predicted octanol–water partition coefficient (Wildman–Crippen LogP) is 3.62. The molecule has 34 heavy (non-hydrogen) atoms. The van der Waals surface area contributed by atoms with Crippen LogP contribution in [-0.4, -0.2) is 59.7 Å². The lowest BCUT2D eigenvalue weighted by atomic mass is 9.88. The number of rotatable bonds is 6. The van der Waals surface area contributed by atoms with Crippen LogP contribution in [0.1, 0.15) is 23.5 Å². The van der Waals surface area contributed by atoms with Gasteiger partial charge in [0.1, 0.15) is 10.5 Å². The molecule has 0 saturated carbocycles. The monoisotopic (exact) mass is 474 g/mol. The number of sulfonamides is 1. The molecule has 2 aromatic heterocycles.